The van der Waals surface area contributed by atoms with E-state index in [0.717, 1.165) is 0 Å². The van der Waals surface area contributed by atoms with Crippen LogP contribution in [0.3, 0.4) is 0 Å². The van der Waals surface area contributed by atoms with Crippen molar-refractivity contribution in [1.29, 1.82) is 0 Å². The third-order valence-electron chi connectivity index (χ3n) is 21.5. The molecule has 0 bridgehead atoms. The molecule has 0 fully saturated rings. The van der Waals surface area contributed by atoms with E-state index in [-0.39, 0.29) is 16.2 Å². The fourth-order valence-corrected chi connectivity index (χ4v) is 17.0. The second-order valence-corrected chi connectivity index (χ2v) is 27.4. The van der Waals surface area contributed by atoms with Gasteiger partial charge in [-0.25, -0.2) is 0 Å². The molecule has 15 aromatic rings. The van der Waals surface area contributed by atoms with E-state index in [1.165, 1.54) is 188 Å². The standard InChI is InChI=1S/C91H66/c1-89(2)77-39-21-20-30-65(77)66-47-42-60(52-80(66)89)83-71-31-16-18-33-73(71)84(74-34-19-17-32-72(74)83)61-43-48-69-67-45-40-58(50-78(67)90(3,4)81(69)53-61)59-41-46-68-70-49-44-62(54-82(70)91(5,6)79(68)51-59)85-75-37-22-35-63(55-24-10-7-11-25-55)87(75)86(57-28-14-9-15-29-57)88-64(36-23-38-76(85)88)56-26-12-8-13-27-56/h7-54H,1-6H3. The van der Waals surface area contributed by atoms with E-state index in [1.807, 2.05) is 0 Å². The van der Waals surface area contributed by atoms with Gasteiger partial charge in [-0.05, 0) is 218 Å². The Morgan fingerprint density at radius 1 is 0.165 bits per heavy atom. The number of benzene rings is 15. The van der Waals surface area contributed by atoms with Crippen LogP contribution >= 0.6 is 0 Å². The van der Waals surface area contributed by atoms with Gasteiger partial charge in [0.05, 0.1) is 0 Å². The van der Waals surface area contributed by atoms with Crippen LogP contribution in [-0.4, -0.2) is 0 Å². The average Bonchev–Trinajstić information content (AvgIpc) is 1.76. The highest BCUT2D eigenvalue weighted by Crippen LogP contribution is 2.57. The van der Waals surface area contributed by atoms with Crippen molar-refractivity contribution in [2.45, 2.75) is 57.8 Å². The van der Waals surface area contributed by atoms with Crippen molar-refractivity contribution in [3.05, 3.63) is 325 Å². The van der Waals surface area contributed by atoms with Gasteiger partial charge >= 0.3 is 0 Å². The van der Waals surface area contributed by atoms with Crippen LogP contribution in [0, 0.1) is 0 Å². The zero-order chi connectivity index (χ0) is 61.1. The van der Waals surface area contributed by atoms with Crippen molar-refractivity contribution in [3.8, 4) is 111 Å². The van der Waals surface area contributed by atoms with Crippen molar-refractivity contribution >= 4 is 43.1 Å². The molecule has 3 aliphatic rings. The summed E-state index contributed by atoms with van der Waals surface area (Å²) in [5.74, 6) is 0. The Balaban J connectivity index is 0.725. The summed E-state index contributed by atoms with van der Waals surface area (Å²) in [5, 5.41) is 10.2. The predicted octanol–water partition coefficient (Wildman–Crippen LogP) is 24.9. The molecule has 0 heterocycles. The maximum absolute atomic E-state index is 2.53. The molecule has 3 aliphatic carbocycles. The minimum Gasteiger partial charge on any atom is -0.0622 e. The maximum atomic E-state index is 2.53. The third-order valence-corrected chi connectivity index (χ3v) is 21.5. The van der Waals surface area contributed by atoms with Gasteiger partial charge in [-0.15, -0.1) is 0 Å². The quantitative estimate of drug-likeness (QED) is 0.140. The van der Waals surface area contributed by atoms with Crippen LogP contribution in [0.5, 0.6) is 0 Å². The Bertz CT molecular complexity index is 5420. The van der Waals surface area contributed by atoms with Gasteiger partial charge in [0.25, 0.3) is 0 Å². The normalized spacial score (nSPS) is 14.3. The molecule has 18 rings (SSSR count). The van der Waals surface area contributed by atoms with E-state index in [1.54, 1.807) is 0 Å². The molecule has 15 aromatic carbocycles. The van der Waals surface area contributed by atoms with Gasteiger partial charge in [-0.2, -0.15) is 0 Å². The van der Waals surface area contributed by atoms with Crippen molar-refractivity contribution in [1.82, 2.24) is 0 Å². The summed E-state index contributed by atoms with van der Waals surface area (Å²) in [6, 6.07) is 111. The third kappa shape index (κ3) is 7.76. The Hall–Kier alpha value is -10.7. The summed E-state index contributed by atoms with van der Waals surface area (Å²) >= 11 is 0. The van der Waals surface area contributed by atoms with E-state index in [0.29, 0.717) is 0 Å². The number of hydrogen-bond acceptors (Lipinski definition) is 0. The molecule has 0 unspecified atom stereocenters. The highest BCUT2D eigenvalue weighted by Gasteiger charge is 2.40. The monoisotopic (exact) mass is 1160 g/mol. The molecular formula is C91H66. The lowest BCUT2D eigenvalue weighted by atomic mass is 9.78. The van der Waals surface area contributed by atoms with E-state index in [2.05, 4.69) is 333 Å². The highest BCUT2D eigenvalue weighted by molar-refractivity contribution is 6.28. The smallest absolute Gasteiger partial charge is 0.0159 e. The molecule has 0 atom stereocenters. The molecule has 0 aromatic heterocycles. The topological polar surface area (TPSA) is 0 Å². The number of hydrogen-bond donors (Lipinski definition) is 0. The molecule has 0 saturated heterocycles. The molecule has 430 valence electrons. The summed E-state index contributed by atoms with van der Waals surface area (Å²) in [6.07, 6.45) is 0. The Morgan fingerprint density at radius 2 is 0.429 bits per heavy atom. The lowest BCUT2D eigenvalue weighted by Crippen LogP contribution is -2.15. The Morgan fingerprint density at radius 3 is 0.813 bits per heavy atom. The van der Waals surface area contributed by atoms with Gasteiger partial charge in [-0.3, -0.25) is 0 Å². The highest BCUT2D eigenvalue weighted by atomic mass is 14.4. The first-order valence-electron chi connectivity index (χ1n) is 32.4. The molecule has 0 heteroatoms. The number of rotatable bonds is 7. The van der Waals surface area contributed by atoms with E-state index in [4.69, 9.17) is 0 Å². The molecule has 0 nitrogen and oxygen atoms in total. The molecular weight excluding hydrogens is 1090 g/mol. The van der Waals surface area contributed by atoms with Crippen LogP contribution in [0.4, 0.5) is 0 Å². The minimum absolute atomic E-state index is 0.0885. The molecule has 0 amide bonds. The summed E-state index contributed by atoms with van der Waals surface area (Å²) in [6.45, 7) is 14.5. The van der Waals surface area contributed by atoms with Crippen LogP contribution in [0.25, 0.3) is 154 Å². The van der Waals surface area contributed by atoms with Crippen LogP contribution < -0.4 is 0 Å². The molecule has 0 N–H and O–H groups in total. The fraction of sp³-hybridized carbons (Fsp3) is 0.0989. The van der Waals surface area contributed by atoms with Gasteiger partial charge in [0.15, 0.2) is 0 Å². The van der Waals surface area contributed by atoms with Gasteiger partial charge in [0.2, 0.25) is 0 Å². The second kappa shape index (κ2) is 19.7. The van der Waals surface area contributed by atoms with E-state index < -0.39 is 0 Å². The molecule has 91 heavy (non-hydrogen) atoms. The zero-order valence-corrected chi connectivity index (χ0v) is 52.2. The Kier molecular flexibility index (Phi) is 11.5. The lowest BCUT2D eigenvalue weighted by molar-refractivity contribution is 0.660. The van der Waals surface area contributed by atoms with Crippen LogP contribution in [0.2, 0.25) is 0 Å². The average molecular weight is 1160 g/mol. The minimum atomic E-state index is -0.267. The molecule has 0 radical (unpaired) electrons. The van der Waals surface area contributed by atoms with Crippen molar-refractivity contribution in [3.63, 3.8) is 0 Å². The molecule has 0 saturated carbocycles. The molecule has 0 aliphatic heterocycles. The van der Waals surface area contributed by atoms with Crippen molar-refractivity contribution in [2.75, 3.05) is 0 Å². The number of fused-ring (bicyclic) bond motifs is 13. The lowest BCUT2D eigenvalue weighted by Gasteiger charge is -2.25. The first-order chi connectivity index (χ1) is 44.4. The fourth-order valence-electron chi connectivity index (χ4n) is 17.0. The van der Waals surface area contributed by atoms with Gasteiger partial charge in [0.1, 0.15) is 0 Å². The SMILES string of the molecule is CC1(C)c2ccccc2-c2ccc(-c3c4ccccc4c(-c4ccc5c(c4)C(C)(C)c4cc(-c6ccc7c(c6)C(C)(C)c6cc(-c8c9cccc(-c%10ccccc%10)c9c(-c9ccccc9)c9c(-c%10ccccc%10)cccc89)ccc6-7)ccc4-5)c4ccccc34)cc21. The van der Waals surface area contributed by atoms with Crippen molar-refractivity contribution < 1.29 is 0 Å². The maximum Gasteiger partial charge on any atom is 0.0159 e. The predicted molar refractivity (Wildman–Crippen MR) is 387 cm³/mol. The van der Waals surface area contributed by atoms with Crippen molar-refractivity contribution in [2.24, 2.45) is 0 Å². The zero-order valence-electron chi connectivity index (χ0n) is 52.2. The van der Waals surface area contributed by atoms with Gasteiger partial charge < -0.3 is 0 Å². The van der Waals surface area contributed by atoms with Crippen LogP contribution in [-0.2, 0) is 16.2 Å². The summed E-state index contributed by atoms with van der Waals surface area (Å²) in [5.41, 5.74) is 33.2. The summed E-state index contributed by atoms with van der Waals surface area (Å²) in [7, 11) is 0. The van der Waals surface area contributed by atoms with E-state index in [9.17, 15) is 0 Å². The van der Waals surface area contributed by atoms with E-state index >= 15 is 0 Å². The van der Waals surface area contributed by atoms with Crippen LogP contribution in [0.1, 0.15) is 74.9 Å². The van der Waals surface area contributed by atoms with Gasteiger partial charge in [0, 0.05) is 16.2 Å². The first-order valence-corrected chi connectivity index (χ1v) is 32.4. The summed E-state index contributed by atoms with van der Waals surface area (Å²) in [4.78, 5) is 0. The molecule has 0 spiro atoms. The first kappa shape index (κ1) is 53.4. The van der Waals surface area contributed by atoms with Crippen LogP contribution in [0.15, 0.2) is 291 Å². The summed E-state index contributed by atoms with van der Waals surface area (Å²) < 4.78 is 0. The Labute approximate surface area is 533 Å². The van der Waals surface area contributed by atoms with Gasteiger partial charge in [-0.1, -0.05) is 302 Å². The second-order valence-electron chi connectivity index (χ2n) is 27.4. The largest absolute Gasteiger partial charge is 0.0622 e.